The van der Waals surface area contributed by atoms with Crippen LogP contribution in [0, 0.1) is 6.92 Å². The van der Waals surface area contributed by atoms with Crippen LogP contribution in [0.2, 0.25) is 5.02 Å². The molecule has 6 heteroatoms. The standard InChI is InChI=1S/C18H15ClN4O/c1-12-9-16(13-5-3-2-4-6-13)22-18(21-12)23-20-11-14-10-15(19)7-8-17(14)24/h2-11,24H,1H3,(H,21,22,23)/b20-11-. The Kier molecular flexibility index (Phi) is 4.72. The SMILES string of the molecule is Cc1cc(-c2ccccc2)nc(N/N=C\c2cc(Cl)ccc2O)n1. The number of phenols is 1. The molecule has 0 saturated heterocycles. The van der Waals surface area contributed by atoms with Gasteiger partial charge in [0.15, 0.2) is 0 Å². The lowest BCUT2D eigenvalue weighted by Crippen LogP contribution is -2.00. The van der Waals surface area contributed by atoms with Gasteiger partial charge >= 0.3 is 0 Å². The number of aryl methyl sites for hydroxylation is 1. The fourth-order valence-corrected chi connectivity index (χ4v) is 2.34. The number of aromatic nitrogens is 2. The quantitative estimate of drug-likeness (QED) is 0.551. The van der Waals surface area contributed by atoms with Crippen molar-refractivity contribution in [1.82, 2.24) is 9.97 Å². The second-order valence-corrected chi connectivity index (χ2v) is 5.59. The number of hydrazone groups is 1. The molecule has 0 atom stereocenters. The number of nitrogens with one attached hydrogen (secondary N) is 1. The molecule has 0 unspecified atom stereocenters. The number of hydrogen-bond donors (Lipinski definition) is 2. The Balaban J connectivity index is 1.82. The van der Waals surface area contributed by atoms with Gasteiger partial charge in [-0.25, -0.2) is 15.4 Å². The van der Waals surface area contributed by atoms with E-state index in [4.69, 9.17) is 11.6 Å². The number of anilines is 1. The summed E-state index contributed by atoms with van der Waals surface area (Å²) in [4.78, 5) is 8.76. The third-order valence-electron chi connectivity index (χ3n) is 3.28. The molecule has 120 valence electrons. The van der Waals surface area contributed by atoms with E-state index in [1.165, 1.54) is 12.3 Å². The Morgan fingerprint density at radius 2 is 1.88 bits per heavy atom. The highest BCUT2D eigenvalue weighted by Gasteiger charge is 2.04. The molecule has 2 N–H and O–H groups in total. The summed E-state index contributed by atoms with van der Waals surface area (Å²) in [6.07, 6.45) is 1.47. The topological polar surface area (TPSA) is 70.4 Å². The second kappa shape index (κ2) is 7.10. The van der Waals surface area contributed by atoms with Gasteiger partial charge in [0.05, 0.1) is 11.9 Å². The highest BCUT2D eigenvalue weighted by molar-refractivity contribution is 6.30. The molecule has 0 saturated carbocycles. The van der Waals surface area contributed by atoms with Crippen LogP contribution in [0.4, 0.5) is 5.95 Å². The van der Waals surface area contributed by atoms with Crippen LogP contribution in [0.5, 0.6) is 5.75 Å². The van der Waals surface area contributed by atoms with E-state index in [1.54, 1.807) is 12.1 Å². The molecular formula is C18H15ClN4O. The van der Waals surface area contributed by atoms with Crippen LogP contribution < -0.4 is 5.43 Å². The first kappa shape index (κ1) is 16.0. The zero-order valence-electron chi connectivity index (χ0n) is 12.9. The van der Waals surface area contributed by atoms with Crippen LogP contribution >= 0.6 is 11.6 Å². The Bertz CT molecular complexity index is 881. The van der Waals surface area contributed by atoms with Gasteiger partial charge < -0.3 is 5.11 Å². The van der Waals surface area contributed by atoms with Gasteiger partial charge in [0.1, 0.15) is 5.75 Å². The minimum absolute atomic E-state index is 0.0973. The molecule has 0 radical (unpaired) electrons. The minimum atomic E-state index is 0.0973. The third kappa shape index (κ3) is 3.88. The van der Waals surface area contributed by atoms with Gasteiger partial charge in [-0.2, -0.15) is 5.10 Å². The molecule has 3 rings (SSSR count). The molecule has 3 aromatic rings. The minimum Gasteiger partial charge on any atom is -0.507 e. The number of aromatic hydroxyl groups is 1. The lowest BCUT2D eigenvalue weighted by molar-refractivity contribution is 0.474. The molecule has 0 bridgehead atoms. The summed E-state index contributed by atoms with van der Waals surface area (Å²) in [5.74, 6) is 0.478. The maximum atomic E-state index is 9.76. The molecule has 1 heterocycles. The molecule has 0 spiro atoms. The summed E-state index contributed by atoms with van der Waals surface area (Å²) >= 11 is 5.90. The molecule has 0 aliphatic rings. The maximum absolute atomic E-state index is 9.76. The lowest BCUT2D eigenvalue weighted by Gasteiger charge is -2.05. The normalized spacial score (nSPS) is 10.9. The van der Waals surface area contributed by atoms with Gasteiger partial charge in [0, 0.05) is 21.8 Å². The van der Waals surface area contributed by atoms with Crippen molar-refractivity contribution in [3.63, 3.8) is 0 Å². The summed E-state index contributed by atoms with van der Waals surface area (Å²) in [6, 6.07) is 16.5. The zero-order chi connectivity index (χ0) is 16.9. The lowest BCUT2D eigenvalue weighted by atomic mass is 10.1. The van der Waals surface area contributed by atoms with E-state index in [2.05, 4.69) is 20.5 Å². The Labute approximate surface area is 144 Å². The van der Waals surface area contributed by atoms with Crippen molar-refractivity contribution in [2.75, 3.05) is 5.43 Å². The number of nitrogens with zero attached hydrogens (tertiary/aromatic N) is 3. The number of hydrogen-bond acceptors (Lipinski definition) is 5. The molecule has 0 fully saturated rings. The van der Waals surface area contributed by atoms with Crippen molar-refractivity contribution in [3.8, 4) is 17.0 Å². The van der Waals surface area contributed by atoms with E-state index in [-0.39, 0.29) is 5.75 Å². The van der Waals surface area contributed by atoms with Crippen molar-refractivity contribution in [2.24, 2.45) is 5.10 Å². The first-order valence-corrected chi connectivity index (χ1v) is 7.68. The summed E-state index contributed by atoms with van der Waals surface area (Å²) in [6.45, 7) is 1.89. The molecule has 24 heavy (non-hydrogen) atoms. The van der Waals surface area contributed by atoms with Gasteiger partial charge in [0.25, 0.3) is 0 Å². The highest BCUT2D eigenvalue weighted by Crippen LogP contribution is 2.20. The number of rotatable bonds is 4. The fraction of sp³-hybridized carbons (Fsp3) is 0.0556. The first-order valence-electron chi connectivity index (χ1n) is 7.30. The molecule has 0 amide bonds. The van der Waals surface area contributed by atoms with Gasteiger partial charge in [-0.15, -0.1) is 0 Å². The Morgan fingerprint density at radius 1 is 1.08 bits per heavy atom. The third-order valence-corrected chi connectivity index (χ3v) is 3.52. The highest BCUT2D eigenvalue weighted by atomic mass is 35.5. The van der Waals surface area contributed by atoms with Gasteiger partial charge in [-0.05, 0) is 31.2 Å². The summed E-state index contributed by atoms with van der Waals surface area (Å²) in [5.41, 5.74) is 5.93. The number of benzene rings is 2. The predicted octanol–water partition coefficient (Wildman–Crippen LogP) is 4.26. The van der Waals surface area contributed by atoms with Crippen molar-refractivity contribution in [1.29, 1.82) is 0 Å². The molecule has 5 nitrogen and oxygen atoms in total. The first-order chi connectivity index (χ1) is 11.6. The average Bonchev–Trinajstić information content (AvgIpc) is 2.58. The molecule has 0 aliphatic heterocycles. The van der Waals surface area contributed by atoms with Crippen LogP contribution in [0.3, 0.4) is 0 Å². The molecular weight excluding hydrogens is 324 g/mol. The van der Waals surface area contributed by atoms with Crippen LogP contribution in [0.25, 0.3) is 11.3 Å². The van der Waals surface area contributed by atoms with E-state index in [9.17, 15) is 5.11 Å². The Hall–Kier alpha value is -2.92. The van der Waals surface area contributed by atoms with E-state index >= 15 is 0 Å². The van der Waals surface area contributed by atoms with Crippen molar-refractivity contribution in [2.45, 2.75) is 6.92 Å². The van der Waals surface area contributed by atoms with Crippen molar-refractivity contribution >= 4 is 23.8 Å². The summed E-state index contributed by atoms with van der Waals surface area (Å²) in [5, 5.41) is 14.4. The van der Waals surface area contributed by atoms with Crippen LogP contribution in [-0.2, 0) is 0 Å². The predicted molar refractivity (Wildman–Crippen MR) is 96.5 cm³/mol. The fourth-order valence-electron chi connectivity index (χ4n) is 2.16. The smallest absolute Gasteiger partial charge is 0.244 e. The van der Waals surface area contributed by atoms with Crippen molar-refractivity contribution in [3.05, 3.63) is 70.9 Å². The molecule has 2 aromatic carbocycles. The van der Waals surface area contributed by atoms with Gasteiger partial charge in [-0.3, -0.25) is 0 Å². The maximum Gasteiger partial charge on any atom is 0.244 e. The van der Waals surface area contributed by atoms with E-state index in [0.717, 1.165) is 17.0 Å². The Morgan fingerprint density at radius 3 is 2.67 bits per heavy atom. The number of halogens is 1. The van der Waals surface area contributed by atoms with Crippen LogP contribution in [0.15, 0.2) is 59.7 Å². The summed E-state index contributed by atoms with van der Waals surface area (Å²) in [7, 11) is 0. The molecule has 1 aromatic heterocycles. The van der Waals surface area contributed by atoms with Crippen LogP contribution in [0.1, 0.15) is 11.3 Å². The van der Waals surface area contributed by atoms with Gasteiger partial charge in [0.2, 0.25) is 5.95 Å². The van der Waals surface area contributed by atoms with E-state index in [1.807, 2.05) is 43.3 Å². The molecule has 0 aliphatic carbocycles. The number of phenolic OH excluding ortho intramolecular Hbond substituents is 1. The van der Waals surface area contributed by atoms with Gasteiger partial charge in [-0.1, -0.05) is 41.9 Å². The monoisotopic (exact) mass is 338 g/mol. The van der Waals surface area contributed by atoms with Crippen LogP contribution in [-0.4, -0.2) is 21.3 Å². The average molecular weight is 339 g/mol. The van der Waals surface area contributed by atoms with E-state index in [0.29, 0.717) is 16.5 Å². The summed E-state index contributed by atoms with van der Waals surface area (Å²) < 4.78 is 0. The largest absolute Gasteiger partial charge is 0.507 e. The van der Waals surface area contributed by atoms with Crippen molar-refractivity contribution < 1.29 is 5.11 Å². The van der Waals surface area contributed by atoms with E-state index < -0.39 is 0 Å². The second-order valence-electron chi connectivity index (χ2n) is 5.16. The zero-order valence-corrected chi connectivity index (χ0v) is 13.7.